The quantitative estimate of drug-likeness (QED) is 0.613. The Morgan fingerprint density at radius 2 is 1.81 bits per heavy atom. The van der Waals surface area contributed by atoms with E-state index in [1.165, 1.54) is 18.0 Å². The van der Waals surface area contributed by atoms with E-state index in [2.05, 4.69) is 0 Å². The normalized spacial score (nSPS) is 26.4. The topological polar surface area (TPSA) is 43.8 Å². The number of rotatable bonds is 3. The van der Waals surface area contributed by atoms with Crippen molar-refractivity contribution in [2.75, 3.05) is 14.1 Å². The van der Waals surface area contributed by atoms with Crippen LogP contribution >= 0.6 is 23.6 Å². The minimum absolute atomic E-state index is 0.151. The minimum atomic E-state index is -5.10. The number of thiophene rings is 1. The first kappa shape index (κ1) is 19.8. The lowest BCUT2D eigenvalue weighted by atomic mass is 9.77. The smallest absolute Gasteiger partial charge is 0.363 e. The van der Waals surface area contributed by atoms with Gasteiger partial charge in [-0.15, -0.1) is 11.3 Å². The molecule has 3 atom stereocenters. The van der Waals surface area contributed by atoms with Crippen LogP contribution in [-0.2, 0) is 0 Å². The molecule has 1 aliphatic heterocycles. The summed E-state index contributed by atoms with van der Waals surface area (Å²) in [5, 5.41) is 12.3. The van der Waals surface area contributed by atoms with Crippen LogP contribution in [0, 0.1) is 5.92 Å². The third-order valence-electron chi connectivity index (χ3n) is 4.87. The second kappa shape index (κ2) is 6.88. The summed E-state index contributed by atoms with van der Waals surface area (Å²) in [5.41, 5.74) is -2.97. The maximum atomic E-state index is 14.1. The van der Waals surface area contributed by atoms with Crippen LogP contribution in [0.5, 0.6) is 0 Å². The Morgan fingerprint density at radius 3 is 2.33 bits per heavy atom. The molecule has 0 radical (unpaired) electrons. The highest BCUT2D eigenvalue weighted by Crippen LogP contribution is 2.50. The summed E-state index contributed by atoms with van der Waals surface area (Å²) in [4.78, 5) is 15.3. The van der Waals surface area contributed by atoms with Crippen LogP contribution in [0.1, 0.15) is 21.3 Å². The van der Waals surface area contributed by atoms with E-state index in [9.17, 15) is 23.1 Å². The predicted octanol–water partition coefficient (Wildman–Crippen LogP) is 3.70. The molecular formula is C18H17F3N2O2S2. The number of Topliss-reactive ketones (excluding diaryl/α,β-unsaturated/α-hetero) is 1. The number of hydrogen-bond donors (Lipinski definition) is 1. The lowest BCUT2D eigenvalue weighted by molar-refractivity contribution is -0.324. The Hall–Kier alpha value is -1.97. The average Bonchev–Trinajstić information content (AvgIpc) is 3.16. The lowest BCUT2D eigenvalue weighted by Crippen LogP contribution is -2.72. The fourth-order valence-corrected chi connectivity index (χ4v) is 4.44. The molecule has 4 nitrogen and oxygen atoms in total. The van der Waals surface area contributed by atoms with Crippen LogP contribution in [0.3, 0.4) is 0 Å². The Morgan fingerprint density at radius 1 is 1.19 bits per heavy atom. The standard InChI is InChI=1S/C18H17F3N2O2S2/c1-22-14(11-7-4-3-5-8-11)13(15(24)12-9-6-10-27-12)17(25,18(19,20)21)23(2)16(22)26/h3-10,13-14,25H,1-2H3/t13-,14-,17+/m0/s1. The highest BCUT2D eigenvalue weighted by atomic mass is 32.1. The van der Waals surface area contributed by atoms with Crippen molar-refractivity contribution < 1.29 is 23.1 Å². The van der Waals surface area contributed by atoms with Crippen LogP contribution < -0.4 is 0 Å². The molecule has 1 aliphatic rings. The van der Waals surface area contributed by atoms with Gasteiger partial charge in [0.25, 0.3) is 5.72 Å². The van der Waals surface area contributed by atoms with Crippen molar-refractivity contribution in [3.8, 4) is 0 Å². The number of alkyl halides is 3. The van der Waals surface area contributed by atoms with E-state index in [1.807, 2.05) is 0 Å². The Labute approximate surface area is 163 Å². The van der Waals surface area contributed by atoms with E-state index in [0.29, 0.717) is 10.5 Å². The molecule has 1 aromatic carbocycles. The molecule has 1 N–H and O–H groups in total. The van der Waals surface area contributed by atoms with Gasteiger partial charge in [-0.1, -0.05) is 36.4 Å². The third kappa shape index (κ3) is 3.03. The fourth-order valence-electron chi connectivity index (χ4n) is 3.48. The van der Waals surface area contributed by atoms with Crippen LogP contribution in [0.4, 0.5) is 13.2 Å². The molecule has 0 spiro atoms. The summed E-state index contributed by atoms with van der Waals surface area (Å²) < 4.78 is 42.3. The molecule has 1 aromatic heterocycles. The molecule has 0 aliphatic carbocycles. The van der Waals surface area contributed by atoms with Crippen LogP contribution in [0.15, 0.2) is 47.8 Å². The molecule has 0 amide bonds. The summed E-state index contributed by atoms with van der Waals surface area (Å²) >= 11 is 6.21. The van der Waals surface area contributed by atoms with Gasteiger partial charge in [0.2, 0.25) is 0 Å². The second-order valence-corrected chi connectivity index (χ2v) is 7.66. The average molecular weight is 414 g/mol. The number of carbonyl (C=O) groups excluding carboxylic acids is 1. The van der Waals surface area contributed by atoms with Crippen LogP contribution in [-0.4, -0.2) is 51.8 Å². The maximum absolute atomic E-state index is 14.1. The molecule has 1 fully saturated rings. The monoisotopic (exact) mass is 414 g/mol. The van der Waals surface area contributed by atoms with Gasteiger partial charge in [-0.05, 0) is 29.2 Å². The van der Waals surface area contributed by atoms with Crippen LogP contribution in [0.25, 0.3) is 0 Å². The zero-order valence-corrected chi connectivity index (χ0v) is 16.1. The first-order valence-electron chi connectivity index (χ1n) is 8.03. The Kier molecular flexibility index (Phi) is 5.04. The lowest BCUT2D eigenvalue weighted by Gasteiger charge is -2.54. The molecular weight excluding hydrogens is 397 g/mol. The summed E-state index contributed by atoms with van der Waals surface area (Å²) in [5.74, 6) is -2.60. The summed E-state index contributed by atoms with van der Waals surface area (Å²) in [6.07, 6.45) is -5.10. The van der Waals surface area contributed by atoms with E-state index in [4.69, 9.17) is 12.2 Å². The highest BCUT2D eigenvalue weighted by molar-refractivity contribution is 7.80. The number of carbonyl (C=O) groups is 1. The molecule has 0 bridgehead atoms. The van der Waals surface area contributed by atoms with Crippen molar-refractivity contribution in [3.05, 3.63) is 58.3 Å². The summed E-state index contributed by atoms with van der Waals surface area (Å²) in [6.45, 7) is 0. The largest absolute Gasteiger partial charge is 0.437 e. The number of halogens is 3. The van der Waals surface area contributed by atoms with Crippen molar-refractivity contribution in [1.82, 2.24) is 9.80 Å². The van der Waals surface area contributed by atoms with Crippen LogP contribution in [0.2, 0.25) is 0 Å². The van der Waals surface area contributed by atoms with Gasteiger partial charge in [0.15, 0.2) is 10.9 Å². The molecule has 144 valence electrons. The molecule has 0 saturated carbocycles. The molecule has 27 heavy (non-hydrogen) atoms. The number of benzene rings is 1. The van der Waals surface area contributed by atoms with E-state index in [0.717, 1.165) is 18.4 Å². The third-order valence-corrected chi connectivity index (χ3v) is 6.32. The number of hydrogen-bond acceptors (Lipinski definition) is 4. The first-order valence-corrected chi connectivity index (χ1v) is 9.32. The van der Waals surface area contributed by atoms with Gasteiger partial charge in [0.05, 0.1) is 10.9 Å². The van der Waals surface area contributed by atoms with Gasteiger partial charge in [-0.3, -0.25) is 4.79 Å². The fraction of sp³-hybridized carbons (Fsp3) is 0.333. The van der Waals surface area contributed by atoms with Crippen molar-refractivity contribution in [3.63, 3.8) is 0 Å². The van der Waals surface area contributed by atoms with Gasteiger partial charge in [0, 0.05) is 14.1 Å². The molecule has 0 unspecified atom stereocenters. The summed E-state index contributed by atoms with van der Waals surface area (Å²) in [7, 11) is 2.59. The summed E-state index contributed by atoms with van der Waals surface area (Å²) in [6, 6.07) is 10.3. The van der Waals surface area contributed by atoms with Crippen molar-refractivity contribution in [2.45, 2.75) is 17.9 Å². The zero-order chi connectivity index (χ0) is 20.0. The van der Waals surface area contributed by atoms with Gasteiger partial charge in [-0.25, -0.2) is 0 Å². The van der Waals surface area contributed by atoms with Crippen molar-refractivity contribution >= 4 is 34.5 Å². The molecule has 2 heterocycles. The molecule has 1 saturated heterocycles. The Balaban J connectivity index is 2.25. The first-order chi connectivity index (χ1) is 12.6. The number of ketones is 1. The van der Waals surface area contributed by atoms with Gasteiger partial charge in [-0.2, -0.15) is 13.2 Å². The Bertz CT molecular complexity index is 842. The molecule has 2 aromatic rings. The number of aliphatic hydroxyl groups is 1. The van der Waals surface area contributed by atoms with E-state index >= 15 is 0 Å². The van der Waals surface area contributed by atoms with Gasteiger partial charge in [0.1, 0.15) is 5.92 Å². The van der Waals surface area contributed by atoms with Gasteiger partial charge >= 0.3 is 6.18 Å². The van der Waals surface area contributed by atoms with E-state index in [1.54, 1.807) is 41.8 Å². The highest BCUT2D eigenvalue weighted by Gasteiger charge is 2.69. The molecule has 3 rings (SSSR count). The SMILES string of the molecule is CN1C(=S)N(C)[C@](O)(C(F)(F)F)[C@H](C(=O)c2cccs2)[C@@H]1c1ccccc1. The number of nitrogens with zero attached hydrogens (tertiary/aromatic N) is 2. The van der Waals surface area contributed by atoms with Gasteiger partial charge < -0.3 is 14.9 Å². The zero-order valence-electron chi connectivity index (χ0n) is 14.5. The number of thiocarbonyl (C=S) groups is 1. The van der Waals surface area contributed by atoms with Crippen molar-refractivity contribution in [2.24, 2.45) is 5.92 Å². The van der Waals surface area contributed by atoms with E-state index in [-0.39, 0.29) is 9.99 Å². The second-order valence-electron chi connectivity index (χ2n) is 6.35. The minimum Gasteiger partial charge on any atom is -0.363 e. The van der Waals surface area contributed by atoms with Crippen molar-refractivity contribution in [1.29, 1.82) is 0 Å². The maximum Gasteiger partial charge on any atom is 0.437 e. The van der Waals surface area contributed by atoms with E-state index < -0.39 is 29.6 Å². The predicted molar refractivity (Wildman–Crippen MR) is 100 cm³/mol. The molecule has 9 heteroatoms.